The summed E-state index contributed by atoms with van der Waals surface area (Å²) < 4.78 is 5.42. The van der Waals surface area contributed by atoms with E-state index in [9.17, 15) is 0 Å². The Morgan fingerprint density at radius 1 is 1.10 bits per heavy atom. The van der Waals surface area contributed by atoms with Crippen molar-refractivity contribution in [1.29, 1.82) is 0 Å². The summed E-state index contributed by atoms with van der Waals surface area (Å²) in [6.07, 6.45) is 3.63. The quantitative estimate of drug-likeness (QED) is 0.737. The SMILES string of the molecule is CCCNC(CCC(C)C)c1cc(C)c(OC)cc1C. The summed E-state index contributed by atoms with van der Waals surface area (Å²) in [6, 6.07) is 4.92. The highest BCUT2D eigenvalue weighted by atomic mass is 16.5. The van der Waals surface area contributed by atoms with Crippen LogP contribution in [0.15, 0.2) is 12.1 Å². The molecule has 0 aliphatic heterocycles. The molecule has 1 atom stereocenters. The fourth-order valence-electron chi connectivity index (χ4n) is 2.59. The topological polar surface area (TPSA) is 21.3 Å². The van der Waals surface area contributed by atoms with Crippen molar-refractivity contribution < 1.29 is 4.74 Å². The summed E-state index contributed by atoms with van der Waals surface area (Å²) in [4.78, 5) is 0. The molecule has 1 aromatic rings. The van der Waals surface area contributed by atoms with Gasteiger partial charge in [-0.1, -0.05) is 26.8 Å². The first-order chi connectivity index (χ1) is 9.49. The van der Waals surface area contributed by atoms with Crippen molar-refractivity contribution in [2.75, 3.05) is 13.7 Å². The molecule has 0 aliphatic rings. The van der Waals surface area contributed by atoms with Gasteiger partial charge in [0.05, 0.1) is 7.11 Å². The molecular weight excluding hydrogens is 246 g/mol. The standard InChI is InChI=1S/C18H31NO/c1-7-10-19-17(9-8-13(2)3)16-11-15(5)18(20-6)12-14(16)4/h11-13,17,19H,7-10H2,1-6H3. The third kappa shape index (κ3) is 4.82. The lowest BCUT2D eigenvalue weighted by molar-refractivity contribution is 0.409. The van der Waals surface area contributed by atoms with Crippen LogP contribution in [0.5, 0.6) is 5.75 Å². The fourth-order valence-corrected chi connectivity index (χ4v) is 2.59. The summed E-state index contributed by atoms with van der Waals surface area (Å²) >= 11 is 0. The van der Waals surface area contributed by atoms with Crippen LogP contribution >= 0.6 is 0 Å². The Morgan fingerprint density at radius 3 is 2.35 bits per heavy atom. The Labute approximate surface area is 124 Å². The van der Waals surface area contributed by atoms with Crippen LogP contribution in [-0.4, -0.2) is 13.7 Å². The highest BCUT2D eigenvalue weighted by Gasteiger charge is 2.15. The van der Waals surface area contributed by atoms with Gasteiger partial charge in [0.2, 0.25) is 0 Å². The van der Waals surface area contributed by atoms with Gasteiger partial charge in [-0.3, -0.25) is 0 Å². The predicted molar refractivity (Wildman–Crippen MR) is 87.6 cm³/mol. The second kappa shape index (κ2) is 8.31. The Morgan fingerprint density at radius 2 is 1.80 bits per heavy atom. The van der Waals surface area contributed by atoms with E-state index in [0.717, 1.165) is 18.2 Å². The lowest BCUT2D eigenvalue weighted by atomic mass is 9.93. The molecule has 114 valence electrons. The van der Waals surface area contributed by atoms with Crippen LogP contribution in [0.3, 0.4) is 0 Å². The Hall–Kier alpha value is -1.02. The smallest absolute Gasteiger partial charge is 0.122 e. The zero-order valence-corrected chi connectivity index (χ0v) is 14.0. The molecule has 1 rings (SSSR count). The molecule has 0 aromatic heterocycles. The molecule has 2 nitrogen and oxygen atoms in total. The molecule has 20 heavy (non-hydrogen) atoms. The molecule has 0 heterocycles. The largest absolute Gasteiger partial charge is 0.496 e. The normalized spacial score (nSPS) is 12.8. The van der Waals surface area contributed by atoms with Gasteiger partial charge in [0.15, 0.2) is 0 Å². The maximum atomic E-state index is 5.42. The van der Waals surface area contributed by atoms with Gasteiger partial charge in [0.1, 0.15) is 5.75 Å². The first-order valence-corrected chi connectivity index (χ1v) is 7.88. The van der Waals surface area contributed by atoms with E-state index in [-0.39, 0.29) is 0 Å². The maximum absolute atomic E-state index is 5.42. The summed E-state index contributed by atoms with van der Waals surface area (Å²) in [5.41, 5.74) is 3.98. The van der Waals surface area contributed by atoms with Crippen LogP contribution in [0, 0.1) is 19.8 Å². The van der Waals surface area contributed by atoms with Gasteiger partial charge in [-0.2, -0.15) is 0 Å². The molecule has 2 heteroatoms. The first-order valence-electron chi connectivity index (χ1n) is 7.88. The number of aryl methyl sites for hydroxylation is 2. The average molecular weight is 277 g/mol. The number of benzene rings is 1. The minimum Gasteiger partial charge on any atom is -0.496 e. The molecule has 0 fully saturated rings. The molecule has 0 spiro atoms. The third-order valence-electron chi connectivity index (χ3n) is 3.83. The molecular formula is C18H31NO. The van der Waals surface area contributed by atoms with E-state index in [1.165, 1.54) is 36.0 Å². The summed E-state index contributed by atoms with van der Waals surface area (Å²) in [5, 5.41) is 3.71. The highest BCUT2D eigenvalue weighted by molar-refractivity contribution is 5.42. The summed E-state index contributed by atoms with van der Waals surface area (Å²) in [7, 11) is 1.74. The van der Waals surface area contributed by atoms with E-state index in [1.54, 1.807) is 7.11 Å². The van der Waals surface area contributed by atoms with Crippen molar-refractivity contribution in [2.24, 2.45) is 5.92 Å². The van der Waals surface area contributed by atoms with Crippen molar-refractivity contribution in [1.82, 2.24) is 5.32 Å². The number of hydrogen-bond acceptors (Lipinski definition) is 2. The molecule has 0 radical (unpaired) electrons. The molecule has 0 bridgehead atoms. The summed E-state index contributed by atoms with van der Waals surface area (Å²) in [5.74, 6) is 1.74. The van der Waals surface area contributed by atoms with Gasteiger partial charge in [-0.05, 0) is 68.3 Å². The summed E-state index contributed by atoms with van der Waals surface area (Å²) in [6.45, 7) is 12.2. The van der Waals surface area contributed by atoms with Crippen LogP contribution < -0.4 is 10.1 Å². The van der Waals surface area contributed by atoms with Gasteiger partial charge in [-0.15, -0.1) is 0 Å². The second-order valence-electron chi connectivity index (χ2n) is 6.16. The van der Waals surface area contributed by atoms with E-state index in [0.29, 0.717) is 6.04 Å². The predicted octanol–water partition coefficient (Wildman–Crippen LogP) is 4.79. The van der Waals surface area contributed by atoms with E-state index >= 15 is 0 Å². The molecule has 0 saturated carbocycles. The van der Waals surface area contributed by atoms with E-state index in [2.05, 4.69) is 52.1 Å². The fraction of sp³-hybridized carbons (Fsp3) is 0.667. The van der Waals surface area contributed by atoms with Crippen LogP contribution in [0.2, 0.25) is 0 Å². The number of methoxy groups -OCH3 is 1. The van der Waals surface area contributed by atoms with Gasteiger partial charge in [0, 0.05) is 6.04 Å². The molecule has 1 unspecified atom stereocenters. The Balaban J connectivity index is 2.96. The zero-order chi connectivity index (χ0) is 15.1. The monoisotopic (exact) mass is 277 g/mol. The van der Waals surface area contributed by atoms with Gasteiger partial charge in [0.25, 0.3) is 0 Å². The second-order valence-corrected chi connectivity index (χ2v) is 6.16. The number of hydrogen-bond donors (Lipinski definition) is 1. The first kappa shape index (κ1) is 17.0. The highest BCUT2D eigenvalue weighted by Crippen LogP contribution is 2.29. The lowest BCUT2D eigenvalue weighted by Crippen LogP contribution is -2.23. The Kier molecular flexibility index (Phi) is 7.08. The molecule has 0 amide bonds. The van der Waals surface area contributed by atoms with E-state index < -0.39 is 0 Å². The molecule has 1 aromatic carbocycles. The number of nitrogens with one attached hydrogen (secondary N) is 1. The zero-order valence-electron chi connectivity index (χ0n) is 14.0. The van der Waals surface area contributed by atoms with Gasteiger partial charge < -0.3 is 10.1 Å². The minimum atomic E-state index is 0.460. The Bertz CT molecular complexity index is 412. The third-order valence-corrected chi connectivity index (χ3v) is 3.83. The van der Waals surface area contributed by atoms with Crippen LogP contribution in [0.25, 0.3) is 0 Å². The van der Waals surface area contributed by atoms with E-state index in [4.69, 9.17) is 4.74 Å². The number of rotatable bonds is 8. The molecule has 0 aliphatic carbocycles. The molecule has 1 N–H and O–H groups in total. The maximum Gasteiger partial charge on any atom is 0.122 e. The minimum absolute atomic E-state index is 0.460. The van der Waals surface area contributed by atoms with Crippen LogP contribution in [0.4, 0.5) is 0 Å². The van der Waals surface area contributed by atoms with Crippen LogP contribution in [-0.2, 0) is 0 Å². The lowest BCUT2D eigenvalue weighted by Gasteiger charge is -2.23. The van der Waals surface area contributed by atoms with Crippen molar-refractivity contribution in [3.05, 3.63) is 28.8 Å². The van der Waals surface area contributed by atoms with Gasteiger partial charge >= 0.3 is 0 Å². The average Bonchev–Trinajstić information content (AvgIpc) is 2.41. The molecule has 0 saturated heterocycles. The van der Waals surface area contributed by atoms with Crippen LogP contribution in [0.1, 0.15) is 62.8 Å². The number of ether oxygens (including phenoxy) is 1. The van der Waals surface area contributed by atoms with Crippen molar-refractivity contribution >= 4 is 0 Å². The van der Waals surface area contributed by atoms with Gasteiger partial charge in [-0.25, -0.2) is 0 Å². The van der Waals surface area contributed by atoms with Crippen molar-refractivity contribution in [3.8, 4) is 5.75 Å². The van der Waals surface area contributed by atoms with E-state index in [1.807, 2.05) is 0 Å². The van der Waals surface area contributed by atoms with Crippen molar-refractivity contribution in [2.45, 2.75) is 59.9 Å². The van der Waals surface area contributed by atoms with Crippen molar-refractivity contribution in [3.63, 3.8) is 0 Å².